The molecular formula is C15H26F2N2O2. The van der Waals surface area contributed by atoms with Crippen molar-refractivity contribution in [3.63, 3.8) is 0 Å². The van der Waals surface area contributed by atoms with E-state index < -0.39 is 13.0 Å². The summed E-state index contributed by atoms with van der Waals surface area (Å²) in [5.41, 5.74) is 0. The molecule has 2 rings (SSSR count). The fourth-order valence-electron chi connectivity index (χ4n) is 3.39. The molecule has 0 spiro atoms. The van der Waals surface area contributed by atoms with Gasteiger partial charge in [0.1, 0.15) is 6.61 Å². The number of halogens is 2. The molecule has 1 N–H and O–H groups in total. The summed E-state index contributed by atoms with van der Waals surface area (Å²) < 4.78 is 29.1. The number of hydrogen-bond acceptors (Lipinski definition) is 3. The van der Waals surface area contributed by atoms with Gasteiger partial charge in [-0.1, -0.05) is 26.7 Å². The van der Waals surface area contributed by atoms with E-state index in [1.165, 1.54) is 12.8 Å². The maximum Gasteiger partial charge on any atom is 0.261 e. The van der Waals surface area contributed by atoms with Crippen molar-refractivity contribution in [2.24, 2.45) is 11.8 Å². The van der Waals surface area contributed by atoms with E-state index in [1.54, 1.807) is 0 Å². The van der Waals surface area contributed by atoms with Gasteiger partial charge in [-0.15, -0.1) is 0 Å². The number of amides is 1. The monoisotopic (exact) mass is 304 g/mol. The van der Waals surface area contributed by atoms with Gasteiger partial charge in [-0.2, -0.15) is 0 Å². The Morgan fingerprint density at radius 3 is 2.57 bits per heavy atom. The van der Waals surface area contributed by atoms with Gasteiger partial charge in [-0.3, -0.25) is 10.1 Å². The summed E-state index contributed by atoms with van der Waals surface area (Å²) in [4.78, 5) is 14.3. The van der Waals surface area contributed by atoms with Crippen LogP contribution in [0.1, 0.15) is 39.5 Å². The molecular weight excluding hydrogens is 278 g/mol. The van der Waals surface area contributed by atoms with Crippen LogP contribution in [0.15, 0.2) is 0 Å². The molecule has 1 aliphatic heterocycles. The van der Waals surface area contributed by atoms with E-state index in [0.717, 1.165) is 12.8 Å². The van der Waals surface area contributed by atoms with Crippen LogP contribution in [0.5, 0.6) is 0 Å². The number of nitrogens with one attached hydrogen (secondary N) is 1. The van der Waals surface area contributed by atoms with Crippen LogP contribution < -0.4 is 5.32 Å². The lowest BCUT2D eigenvalue weighted by molar-refractivity contribution is -0.132. The Hall–Kier alpha value is -0.750. The Balaban J connectivity index is 1.94. The number of rotatable bonds is 7. The number of alkyl halides is 2. The van der Waals surface area contributed by atoms with Crippen molar-refractivity contribution in [1.29, 1.82) is 0 Å². The smallest absolute Gasteiger partial charge is 0.261 e. The molecule has 1 aliphatic carbocycles. The van der Waals surface area contributed by atoms with E-state index in [-0.39, 0.29) is 30.6 Å². The molecule has 0 aromatic carbocycles. The molecule has 2 unspecified atom stereocenters. The van der Waals surface area contributed by atoms with Crippen LogP contribution in [0.3, 0.4) is 0 Å². The van der Waals surface area contributed by atoms with Crippen molar-refractivity contribution in [2.45, 2.75) is 58.2 Å². The van der Waals surface area contributed by atoms with Gasteiger partial charge in [0.25, 0.3) is 6.43 Å². The van der Waals surface area contributed by atoms with Crippen molar-refractivity contribution in [3.8, 4) is 0 Å². The minimum atomic E-state index is -2.45. The number of ether oxygens (including phenoxy) is 1. The Labute approximate surface area is 125 Å². The second kappa shape index (κ2) is 7.49. The lowest BCUT2D eigenvalue weighted by atomic mass is 10.0. The summed E-state index contributed by atoms with van der Waals surface area (Å²) >= 11 is 0. The minimum absolute atomic E-state index is 0.0440. The molecule has 2 fully saturated rings. The van der Waals surface area contributed by atoms with E-state index in [9.17, 15) is 13.6 Å². The van der Waals surface area contributed by atoms with Crippen LogP contribution in [-0.4, -0.2) is 49.2 Å². The van der Waals surface area contributed by atoms with Crippen molar-refractivity contribution < 1.29 is 18.3 Å². The first-order valence-corrected chi connectivity index (χ1v) is 7.93. The molecule has 1 heterocycles. The number of carbonyl (C=O) groups is 1. The highest BCUT2D eigenvalue weighted by atomic mass is 19.3. The van der Waals surface area contributed by atoms with Gasteiger partial charge in [0.15, 0.2) is 0 Å². The third-order valence-electron chi connectivity index (χ3n) is 4.47. The lowest BCUT2D eigenvalue weighted by Gasteiger charge is -2.28. The average Bonchev–Trinajstić information content (AvgIpc) is 3.02. The summed E-state index contributed by atoms with van der Waals surface area (Å²) in [7, 11) is 0. The van der Waals surface area contributed by atoms with Crippen LogP contribution >= 0.6 is 0 Å². The zero-order valence-electron chi connectivity index (χ0n) is 12.9. The normalized spacial score (nSPS) is 27.5. The molecule has 122 valence electrons. The zero-order chi connectivity index (χ0) is 15.4. The Bertz CT molecular complexity index is 347. The van der Waals surface area contributed by atoms with Crippen LogP contribution in [0.4, 0.5) is 8.78 Å². The Morgan fingerprint density at radius 2 is 2.00 bits per heavy atom. The molecule has 0 aromatic heterocycles. The quantitative estimate of drug-likeness (QED) is 0.734. The molecule has 1 saturated heterocycles. The standard InChI is InChI=1S/C15H26F2N2O2/c1-10(2)13-15(20)19(7-8-21-9-12(16)17)14(18-13)11-5-3-4-6-11/h10-14,18H,3-9H2,1-2H3. The van der Waals surface area contributed by atoms with Gasteiger partial charge >= 0.3 is 0 Å². The van der Waals surface area contributed by atoms with Crippen LogP contribution in [-0.2, 0) is 9.53 Å². The highest BCUT2D eigenvalue weighted by Gasteiger charge is 2.43. The molecule has 1 saturated carbocycles. The second-order valence-electron chi connectivity index (χ2n) is 6.38. The Morgan fingerprint density at radius 1 is 1.33 bits per heavy atom. The first-order valence-electron chi connectivity index (χ1n) is 7.93. The minimum Gasteiger partial charge on any atom is -0.374 e. The summed E-state index contributed by atoms with van der Waals surface area (Å²) in [6.45, 7) is 4.06. The molecule has 4 nitrogen and oxygen atoms in total. The van der Waals surface area contributed by atoms with Crippen molar-refractivity contribution in [2.75, 3.05) is 19.8 Å². The van der Waals surface area contributed by atoms with Gasteiger partial charge in [0.05, 0.1) is 18.8 Å². The number of hydrogen-bond donors (Lipinski definition) is 1. The van der Waals surface area contributed by atoms with Crippen molar-refractivity contribution >= 4 is 5.91 Å². The van der Waals surface area contributed by atoms with Gasteiger partial charge in [-0.25, -0.2) is 8.78 Å². The second-order valence-corrected chi connectivity index (χ2v) is 6.38. The first kappa shape index (κ1) is 16.6. The third-order valence-corrected chi connectivity index (χ3v) is 4.47. The largest absolute Gasteiger partial charge is 0.374 e. The molecule has 21 heavy (non-hydrogen) atoms. The van der Waals surface area contributed by atoms with Crippen LogP contribution in [0, 0.1) is 11.8 Å². The molecule has 2 atom stereocenters. The number of nitrogens with zero attached hydrogens (tertiary/aromatic N) is 1. The van der Waals surface area contributed by atoms with Crippen molar-refractivity contribution in [3.05, 3.63) is 0 Å². The third kappa shape index (κ3) is 4.13. The zero-order valence-corrected chi connectivity index (χ0v) is 12.9. The predicted octanol–water partition coefficient (Wildman–Crippen LogP) is 2.24. The maximum atomic E-state index is 12.5. The number of carbonyl (C=O) groups excluding carboxylic acids is 1. The summed E-state index contributed by atoms with van der Waals surface area (Å²) in [6, 6.07) is -0.161. The predicted molar refractivity (Wildman–Crippen MR) is 76.0 cm³/mol. The van der Waals surface area contributed by atoms with E-state index >= 15 is 0 Å². The average molecular weight is 304 g/mol. The van der Waals surface area contributed by atoms with E-state index in [2.05, 4.69) is 5.32 Å². The maximum absolute atomic E-state index is 12.5. The highest BCUT2D eigenvalue weighted by Crippen LogP contribution is 2.32. The van der Waals surface area contributed by atoms with E-state index in [0.29, 0.717) is 12.5 Å². The SMILES string of the molecule is CC(C)C1NC(C2CCCC2)N(CCOCC(F)F)C1=O. The highest BCUT2D eigenvalue weighted by molar-refractivity contribution is 5.84. The van der Waals surface area contributed by atoms with Crippen LogP contribution in [0.2, 0.25) is 0 Å². The summed E-state index contributed by atoms with van der Waals surface area (Å²) in [6.07, 6.45) is 2.26. The fourth-order valence-corrected chi connectivity index (χ4v) is 3.39. The lowest BCUT2D eigenvalue weighted by Crippen LogP contribution is -2.44. The van der Waals surface area contributed by atoms with Gasteiger partial charge in [0, 0.05) is 6.54 Å². The van der Waals surface area contributed by atoms with Crippen molar-refractivity contribution in [1.82, 2.24) is 10.2 Å². The first-order chi connectivity index (χ1) is 10.0. The fraction of sp³-hybridized carbons (Fsp3) is 0.933. The van der Waals surface area contributed by atoms with Gasteiger partial charge < -0.3 is 9.64 Å². The summed E-state index contributed by atoms with van der Waals surface area (Å²) in [5, 5.41) is 3.45. The molecule has 2 aliphatic rings. The topological polar surface area (TPSA) is 41.6 Å². The van der Waals surface area contributed by atoms with Crippen LogP contribution in [0.25, 0.3) is 0 Å². The molecule has 0 radical (unpaired) electrons. The molecule has 6 heteroatoms. The Kier molecular flexibility index (Phi) is 5.93. The molecule has 1 amide bonds. The van der Waals surface area contributed by atoms with E-state index in [4.69, 9.17) is 4.74 Å². The molecule has 0 aromatic rings. The van der Waals surface area contributed by atoms with E-state index in [1.807, 2.05) is 18.7 Å². The van der Waals surface area contributed by atoms with Gasteiger partial charge in [-0.05, 0) is 24.7 Å². The van der Waals surface area contributed by atoms with Gasteiger partial charge in [0.2, 0.25) is 5.91 Å². The summed E-state index contributed by atoms with van der Waals surface area (Å²) in [5.74, 6) is 0.795. The molecule has 0 bridgehead atoms.